The number of aromatic nitrogens is 2. The molecule has 212 valence electrons. The maximum Gasteiger partial charge on any atom is 0.410 e. The topological polar surface area (TPSA) is 83.1 Å². The van der Waals surface area contributed by atoms with Crippen molar-refractivity contribution in [2.45, 2.75) is 58.0 Å². The molecule has 39 heavy (non-hydrogen) atoms. The molecule has 0 saturated carbocycles. The van der Waals surface area contributed by atoms with Crippen molar-refractivity contribution in [3.05, 3.63) is 42.1 Å². The van der Waals surface area contributed by atoms with Crippen LogP contribution in [0.2, 0.25) is 0 Å². The molecule has 4 heterocycles. The molecule has 9 nitrogen and oxygen atoms in total. The molecule has 1 N–H and O–H groups in total. The van der Waals surface area contributed by atoms with Crippen LogP contribution in [0.1, 0.15) is 57.9 Å². The molecule has 0 aliphatic carbocycles. The lowest BCUT2D eigenvalue weighted by atomic mass is 9.91. The van der Waals surface area contributed by atoms with E-state index in [1.165, 1.54) is 19.4 Å². The van der Waals surface area contributed by atoms with Crippen molar-refractivity contribution in [3.63, 3.8) is 0 Å². The molecular formula is C30H44N6O3. The van der Waals surface area contributed by atoms with Gasteiger partial charge in [0, 0.05) is 57.8 Å². The van der Waals surface area contributed by atoms with E-state index in [-0.39, 0.29) is 12.0 Å². The standard InChI is InChI=1S/C30H44N6O3/c1-30(2,3)39-29(37)36-13-5-7-25(22-36)24-6-4-8-27(18-24)38-28-19-26(20-32-33-28)35-16-14-34(15-17-35)21-23-9-11-31-12-10-23/h4,6,8,18-20,23,25,31H,5,7,9-17,21-22H2,1-3H3. The summed E-state index contributed by atoms with van der Waals surface area (Å²) in [6, 6.07) is 10.1. The largest absolute Gasteiger partial charge is 0.444 e. The number of hydrogen-bond donors (Lipinski definition) is 1. The molecule has 1 unspecified atom stereocenters. The fourth-order valence-electron chi connectivity index (χ4n) is 5.87. The quantitative estimate of drug-likeness (QED) is 0.578. The summed E-state index contributed by atoms with van der Waals surface area (Å²) in [5.41, 5.74) is 1.72. The highest BCUT2D eigenvalue weighted by Crippen LogP contribution is 2.31. The van der Waals surface area contributed by atoms with Gasteiger partial charge in [-0.15, -0.1) is 5.10 Å². The number of likely N-dealkylation sites (tertiary alicyclic amines) is 1. The molecule has 0 spiro atoms. The Morgan fingerprint density at radius 2 is 1.85 bits per heavy atom. The summed E-state index contributed by atoms with van der Waals surface area (Å²) in [6.45, 7) is 14.7. The van der Waals surface area contributed by atoms with Crippen molar-refractivity contribution >= 4 is 11.8 Å². The van der Waals surface area contributed by atoms with Gasteiger partial charge in [0.1, 0.15) is 11.4 Å². The molecule has 1 atom stereocenters. The van der Waals surface area contributed by atoms with E-state index >= 15 is 0 Å². The summed E-state index contributed by atoms with van der Waals surface area (Å²) in [5, 5.41) is 12.0. The Kier molecular flexibility index (Phi) is 8.87. The van der Waals surface area contributed by atoms with Crippen LogP contribution in [0.5, 0.6) is 11.6 Å². The molecule has 5 rings (SSSR count). The molecule has 1 amide bonds. The van der Waals surface area contributed by atoms with E-state index in [0.29, 0.717) is 12.4 Å². The first-order chi connectivity index (χ1) is 18.8. The molecule has 1 aromatic carbocycles. The second kappa shape index (κ2) is 12.5. The van der Waals surface area contributed by atoms with Crippen LogP contribution in [-0.4, -0.2) is 90.6 Å². The fourth-order valence-corrected chi connectivity index (χ4v) is 5.87. The number of benzene rings is 1. The fraction of sp³-hybridized carbons (Fsp3) is 0.633. The molecule has 0 radical (unpaired) electrons. The van der Waals surface area contributed by atoms with Crippen LogP contribution >= 0.6 is 0 Å². The van der Waals surface area contributed by atoms with Crippen LogP contribution in [0.4, 0.5) is 10.5 Å². The molecular weight excluding hydrogens is 492 g/mol. The van der Waals surface area contributed by atoms with Gasteiger partial charge in [0.25, 0.3) is 0 Å². The molecule has 2 aromatic rings. The van der Waals surface area contributed by atoms with E-state index in [9.17, 15) is 4.79 Å². The zero-order chi connectivity index (χ0) is 27.2. The first-order valence-corrected chi connectivity index (χ1v) is 14.6. The maximum absolute atomic E-state index is 12.6. The predicted octanol–water partition coefficient (Wildman–Crippen LogP) is 4.51. The van der Waals surface area contributed by atoms with E-state index < -0.39 is 5.60 Å². The Balaban J connectivity index is 1.17. The van der Waals surface area contributed by atoms with E-state index in [4.69, 9.17) is 9.47 Å². The minimum absolute atomic E-state index is 0.237. The second-order valence-electron chi connectivity index (χ2n) is 12.2. The molecule has 9 heteroatoms. The normalized spacial score (nSPS) is 21.6. The average Bonchev–Trinajstić information content (AvgIpc) is 2.93. The number of amides is 1. The summed E-state index contributed by atoms with van der Waals surface area (Å²) in [4.78, 5) is 19.4. The zero-order valence-electron chi connectivity index (χ0n) is 23.8. The van der Waals surface area contributed by atoms with E-state index in [1.54, 1.807) is 0 Å². The van der Waals surface area contributed by atoms with E-state index in [2.05, 4.69) is 37.4 Å². The molecule has 3 saturated heterocycles. The van der Waals surface area contributed by atoms with Gasteiger partial charge in [0.15, 0.2) is 0 Å². The van der Waals surface area contributed by atoms with Crippen molar-refractivity contribution < 1.29 is 14.3 Å². The van der Waals surface area contributed by atoms with Crippen LogP contribution in [0.3, 0.4) is 0 Å². The van der Waals surface area contributed by atoms with Gasteiger partial charge in [-0.2, -0.15) is 5.10 Å². The van der Waals surface area contributed by atoms with Gasteiger partial charge in [-0.25, -0.2) is 4.79 Å². The Morgan fingerprint density at radius 1 is 1.05 bits per heavy atom. The highest BCUT2D eigenvalue weighted by Gasteiger charge is 2.28. The van der Waals surface area contributed by atoms with Gasteiger partial charge in [-0.1, -0.05) is 12.1 Å². The van der Waals surface area contributed by atoms with Crippen molar-refractivity contribution in [2.75, 3.05) is 63.8 Å². The van der Waals surface area contributed by atoms with Crippen LogP contribution in [-0.2, 0) is 4.74 Å². The molecule has 3 fully saturated rings. The SMILES string of the molecule is CC(C)(C)OC(=O)N1CCCC(c2cccc(Oc3cc(N4CCN(CC5CCNCC5)CC4)cnn3)c2)C1. The number of nitrogens with zero attached hydrogens (tertiary/aromatic N) is 5. The van der Waals surface area contributed by atoms with Crippen molar-refractivity contribution in [2.24, 2.45) is 5.92 Å². The van der Waals surface area contributed by atoms with Crippen LogP contribution in [0, 0.1) is 5.92 Å². The maximum atomic E-state index is 12.6. The summed E-state index contributed by atoms with van der Waals surface area (Å²) in [6.07, 6.45) is 6.16. The Labute approximate surface area is 232 Å². The number of anilines is 1. The molecule has 0 bridgehead atoms. The summed E-state index contributed by atoms with van der Waals surface area (Å²) in [7, 11) is 0. The van der Waals surface area contributed by atoms with Gasteiger partial charge in [-0.3, -0.25) is 4.90 Å². The first kappa shape index (κ1) is 27.6. The molecule has 1 aromatic heterocycles. The first-order valence-electron chi connectivity index (χ1n) is 14.6. The van der Waals surface area contributed by atoms with Crippen LogP contribution in [0.15, 0.2) is 36.5 Å². The number of carbonyl (C=O) groups excluding carboxylic acids is 1. The third-order valence-corrected chi connectivity index (χ3v) is 7.96. The predicted molar refractivity (Wildman–Crippen MR) is 153 cm³/mol. The van der Waals surface area contributed by atoms with Gasteiger partial charge < -0.3 is 24.6 Å². The van der Waals surface area contributed by atoms with Crippen LogP contribution in [0.25, 0.3) is 0 Å². The third kappa shape index (κ3) is 7.82. The summed E-state index contributed by atoms with van der Waals surface area (Å²) >= 11 is 0. The van der Waals surface area contributed by atoms with Gasteiger partial charge >= 0.3 is 6.09 Å². The third-order valence-electron chi connectivity index (χ3n) is 7.96. The smallest absolute Gasteiger partial charge is 0.410 e. The molecule has 3 aliphatic rings. The number of piperazine rings is 1. The highest BCUT2D eigenvalue weighted by atomic mass is 16.6. The number of piperidine rings is 2. The van der Waals surface area contributed by atoms with Gasteiger partial charge in [0.2, 0.25) is 5.88 Å². The number of hydrogen-bond acceptors (Lipinski definition) is 8. The number of rotatable bonds is 6. The lowest BCUT2D eigenvalue weighted by molar-refractivity contribution is 0.0198. The Bertz CT molecular complexity index is 1090. The zero-order valence-corrected chi connectivity index (χ0v) is 23.8. The van der Waals surface area contributed by atoms with Gasteiger partial charge in [0.05, 0.1) is 11.9 Å². The van der Waals surface area contributed by atoms with Crippen LogP contribution < -0.4 is 15.0 Å². The van der Waals surface area contributed by atoms with Crippen molar-refractivity contribution in [1.82, 2.24) is 25.3 Å². The summed E-state index contributed by atoms with van der Waals surface area (Å²) < 4.78 is 11.8. The monoisotopic (exact) mass is 536 g/mol. The van der Waals surface area contributed by atoms with Gasteiger partial charge in [-0.05, 0) is 83.2 Å². The summed E-state index contributed by atoms with van der Waals surface area (Å²) in [5.74, 6) is 2.31. The van der Waals surface area contributed by atoms with Crippen molar-refractivity contribution in [3.8, 4) is 11.6 Å². The highest BCUT2D eigenvalue weighted by molar-refractivity contribution is 5.68. The molecule has 3 aliphatic heterocycles. The lowest BCUT2D eigenvalue weighted by Crippen LogP contribution is -2.48. The minimum atomic E-state index is -0.492. The second-order valence-corrected chi connectivity index (χ2v) is 12.2. The van der Waals surface area contributed by atoms with E-state index in [1.807, 2.05) is 50.1 Å². The Hall–Kier alpha value is -2.91. The minimum Gasteiger partial charge on any atom is -0.444 e. The van der Waals surface area contributed by atoms with E-state index in [0.717, 1.165) is 81.6 Å². The number of carbonyl (C=O) groups is 1. The number of ether oxygens (including phenoxy) is 2. The lowest BCUT2D eigenvalue weighted by Gasteiger charge is -2.38. The van der Waals surface area contributed by atoms with Crippen molar-refractivity contribution in [1.29, 1.82) is 0 Å². The Morgan fingerprint density at radius 3 is 2.62 bits per heavy atom. The average molecular weight is 537 g/mol. The number of nitrogens with one attached hydrogen (secondary N) is 1.